The van der Waals surface area contributed by atoms with Gasteiger partial charge in [0.1, 0.15) is 0 Å². The summed E-state index contributed by atoms with van der Waals surface area (Å²) in [6.07, 6.45) is 2.39. The third-order valence-electron chi connectivity index (χ3n) is 5.20. The number of aromatic nitrogens is 1. The van der Waals surface area contributed by atoms with Gasteiger partial charge in [-0.15, -0.1) is 0 Å². The Hall–Kier alpha value is -2.57. The van der Waals surface area contributed by atoms with Crippen molar-refractivity contribution in [2.24, 2.45) is 18.9 Å². The Morgan fingerprint density at radius 3 is 2.88 bits per heavy atom. The summed E-state index contributed by atoms with van der Waals surface area (Å²) in [6, 6.07) is 5.15. The summed E-state index contributed by atoms with van der Waals surface area (Å²) in [4.78, 5) is 38.4. The van der Waals surface area contributed by atoms with Crippen molar-refractivity contribution in [3.05, 3.63) is 28.7 Å². The van der Waals surface area contributed by atoms with Crippen molar-refractivity contribution in [3.8, 4) is 0 Å². The van der Waals surface area contributed by atoms with E-state index in [1.165, 1.54) is 4.57 Å². The second-order valence-electron chi connectivity index (χ2n) is 7.03. The highest BCUT2D eigenvalue weighted by Crippen LogP contribution is 2.22. The first-order chi connectivity index (χ1) is 12.4. The van der Waals surface area contributed by atoms with Crippen LogP contribution in [-0.4, -0.2) is 34.4 Å². The van der Waals surface area contributed by atoms with Crippen molar-refractivity contribution in [3.63, 3.8) is 0 Å². The third-order valence-corrected chi connectivity index (χ3v) is 5.20. The molecule has 2 atom stereocenters. The molecule has 7 heteroatoms. The molecular weight excluding hydrogens is 334 g/mol. The molecule has 3 rings (SSSR count). The standard InChI is InChI=1S/C19H25N3O4/c1-4-12(2)18(24)22-9-5-6-13(11-22)17(23)20-14-7-8-15-16(10-14)26-19(25)21(15)3/h7-8,10,12-13H,4-6,9,11H2,1-3H3,(H,20,23). The molecule has 7 nitrogen and oxygen atoms in total. The molecular formula is C19H25N3O4. The first-order valence-electron chi connectivity index (χ1n) is 9.10. The SMILES string of the molecule is CCC(C)C(=O)N1CCCC(C(=O)Nc2ccc3c(c2)oc(=O)n3C)C1. The first kappa shape index (κ1) is 18.2. The third kappa shape index (κ3) is 3.52. The molecule has 2 unspecified atom stereocenters. The minimum absolute atomic E-state index is 0.0137. The average molecular weight is 359 g/mol. The second kappa shape index (κ2) is 7.35. The molecule has 0 bridgehead atoms. The van der Waals surface area contributed by atoms with Crippen LogP contribution in [0.2, 0.25) is 0 Å². The average Bonchev–Trinajstić information content (AvgIpc) is 2.94. The zero-order valence-electron chi connectivity index (χ0n) is 15.4. The van der Waals surface area contributed by atoms with E-state index in [0.717, 1.165) is 19.3 Å². The van der Waals surface area contributed by atoms with E-state index >= 15 is 0 Å². The van der Waals surface area contributed by atoms with Crippen LogP contribution in [0.5, 0.6) is 0 Å². The lowest BCUT2D eigenvalue weighted by Crippen LogP contribution is -2.45. The predicted molar refractivity (Wildman–Crippen MR) is 98.8 cm³/mol. The number of hydrogen-bond donors (Lipinski definition) is 1. The first-order valence-corrected chi connectivity index (χ1v) is 9.10. The Kier molecular flexibility index (Phi) is 5.15. The van der Waals surface area contributed by atoms with Gasteiger partial charge in [-0.25, -0.2) is 4.79 Å². The molecule has 1 aliphatic heterocycles. The number of carbonyl (C=O) groups is 2. The van der Waals surface area contributed by atoms with Gasteiger partial charge in [-0.3, -0.25) is 14.2 Å². The predicted octanol–water partition coefficient (Wildman–Crippen LogP) is 2.35. The van der Waals surface area contributed by atoms with Crippen molar-refractivity contribution in [2.75, 3.05) is 18.4 Å². The number of hydrogen-bond acceptors (Lipinski definition) is 4. The number of piperidine rings is 1. The molecule has 0 radical (unpaired) electrons. The minimum Gasteiger partial charge on any atom is -0.408 e. The van der Waals surface area contributed by atoms with Crippen LogP contribution in [0, 0.1) is 11.8 Å². The molecule has 2 amide bonds. The number of nitrogens with one attached hydrogen (secondary N) is 1. The Bertz CT molecular complexity index is 883. The molecule has 140 valence electrons. The number of rotatable bonds is 4. The number of fused-ring (bicyclic) bond motifs is 1. The summed E-state index contributed by atoms with van der Waals surface area (Å²) in [5, 5.41) is 2.89. The van der Waals surface area contributed by atoms with E-state index in [9.17, 15) is 14.4 Å². The zero-order chi connectivity index (χ0) is 18.8. The molecule has 1 aliphatic rings. The number of likely N-dealkylation sites (tertiary alicyclic amines) is 1. The van der Waals surface area contributed by atoms with Crippen molar-refractivity contribution in [2.45, 2.75) is 33.1 Å². The van der Waals surface area contributed by atoms with Crippen molar-refractivity contribution in [1.82, 2.24) is 9.47 Å². The lowest BCUT2D eigenvalue weighted by Gasteiger charge is -2.33. The Labute approximate surface area is 152 Å². The van der Waals surface area contributed by atoms with E-state index < -0.39 is 5.76 Å². The molecule has 1 aromatic heterocycles. The maximum atomic E-state index is 12.6. The van der Waals surface area contributed by atoms with E-state index in [4.69, 9.17) is 4.42 Å². The molecule has 0 spiro atoms. The van der Waals surface area contributed by atoms with Gasteiger partial charge >= 0.3 is 5.76 Å². The Balaban J connectivity index is 1.69. The van der Waals surface area contributed by atoms with Crippen LogP contribution in [0.15, 0.2) is 27.4 Å². The summed E-state index contributed by atoms with van der Waals surface area (Å²) in [5.41, 5.74) is 1.70. The van der Waals surface area contributed by atoms with Gasteiger partial charge in [-0.2, -0.15) is 0 Å². The molecule has 2 aromatic rings. The normalized spacial score (nSPS) is 18.7. The number of aryl methyl sites for hydroxylation is 1. The fourth-order valence-corrected chi connectivity index (χ4v) is 3.33. The molecule has 2 heterocycles. The highest BCUT2D eigenvalue weighted by Gasteiger charge is 2.30. The maximum absolute atomic E-state index is 12.6. The highest BCUT2D eigenvalue weighted by molar-refractivity contribution is 5.94. The van der Waals surface area contributed by atoms with Gasteiger partial charge in [0.25, 0.3) is 0 Å². The fraction of sp³-hybridized carbons (Fsp3) is 0.526. The molecule has 1 N–H and O–H groups in total. The number of anilines is 1. The van der Waals surface area contributed by atoms with Gasteiger partial charge in [-0.05, 0) is 31.4 Å². The van der Waals surface area contributed by atoms with Crippen LogP contribution in [0.25, 0.3) is 11.1 Å². The maximum Gasteiger partial charge on any atom is 0.419 e. The fourth-order valence-electron chi connectivity index (χ4n) is 3.33. The number of benzene rings is 1. The number of amides is 2. The summed E-state index contributed by atoms with van der Waals surface area (Å²) in [6.45, 7) is 5.09. The number of carbonyl (C=O) groups excluding carboxylic acids is 2. The molecule has 0 saturated carbocycles. The van der Waals surface area contributed by atoms with Gasteiger partial charge in [0, 0.05) is 37.8 Å². The molecule has 0 aliphatic carbocycles. The molecule has 1 saturated heterocycles. The summed E-state index contributed by atoms with van der Waals surface area (Å²) in [5.74, 6) is -0.660. The van der Waals surface area contributed by atoms with E-state index in [0.29, 0.717) is 29.9 Å². The summed E-state index contributed by atoms with van der Waals surface area (Å²) in [7, 11) is 1.64. The Morgan fingerprint density at radius 2 is 2.15 bits per heavy atom. The summed E-state index contributed by atoms with van der Waals surface area (Å²) >= 11 is 0. The van der Waals surface area contributed by atoms with Gasteiger partial charge in [0.2, 0.25) is 11.8 Å². The largest absolute Gasteiger partial charge is 0.419 e. The molecule has 26 heavy (non-hydrogen) atoms. The van der Waals surface area contributed by atoms with E-state index in [1.807, 2.05) is 13.8 Å². The van der Waals surface area contributed by atoms with Crippen molar-refractivity contribution >= 4 is 28.6 Å². The Morgan fingerprint density at radius 1 is 1.38 bits per heavy atom. The second-order valence-corrected chi connectivity index (χ2v) is 7.03. The van der Waals surface area contributed by atoms with Crippen molar-refractivity contribution in [1.29, 1.82) is 0 Å². The lowest BCUT2D eigenvalue weighted by molar-refractivity contribution is -0.138. The van der Waals surface area contributed by atoms with Crippen molar-refractivity contribution < 1.29 is 14.0 Å². The van der Waals surface area contributed by atoms with Gasteiger partial charge in [0.05, 0.1) is 11.4 Å². The number of nitrogens with zero attached hydrogens (tertiary/aromatic N) is 2. The quantitative estimate of drug-likeness (QED) is 0.908. The smallest absolute Gasteiger partial charge is 0.408 e. The van der Waals surface area contributed by atoms with Crippen LogP contribution >= 0.6 is 0 Å². The van der Waals surface area contributed by atoms with Crippen LogP contribution in [0.4, 0.5) is 5.69 Å². The van der Waals surface area contributed by atoms with Crippen LogP contribution < -0.4 is 11.1 Å². The minimum atomic E-state index is -0.435. The van der Waals surface area contributed by atoms with Crippen LogP contribution in [-0.2, 0) is 16.6 Å². The van der Waals surface area contributed by atoms with Gasteiger partial charge in [0.15, 0.2) is 5.58 Å². The van der Waals surface area contributed by atoms with Crippen LogP contribution in [0.3, 0.4) is 0 Å². The van der Waals surface area contributed by atoms with Gasteiger partial charge < -0.3 is 14.6 Å². The topological polar surface area (TPSA) is 84.6 Å². The van der Waals surface area contributed by atoms with Gasteiger partial charge in [-0.1, -0.05) is 13.8 Å². The monoisotopic (exact) mass is 359 g/mol. The summed E-state index contributed by atoms with van der Waals surface area (Å²) < 4.78 is 6.57. The highest BCUT2D eigenvalue weighted by atomic mass is 16.4. The van der Waals surface area contributed by atoms with E-state index in [2.05, 4.69) is 5.32 Å². The molecule has 1 fully saturated rings. The lowest BCUT2D eigenvalue weighted by atomic mass is 9.95. The zero-order valence-corrected chi connectivity index (χ0v) is 15.4. The molecule has 1 aromatic carbocycles. The van der Waals surface area contributed by atoms with Crippen LogP contribution in [0.1, 0.15) is 33.1 Å². The van der Waals surface area contributed by atoms with E-state index in [-0.39, 0.29) is 23.7 Å². The van der Waals surface area contributed by atoms with E-state index in [1.54, 1.807) is 30.1 Å². The number of oxazole rings is 1.